The van der Waals surface area contributed by atoms with Gasteiger partial charge in [-0.3, -0.25) is 4.79 Å². The normalized spacial score (nSPS) is 18.2. The second kappa shape index (κ2) is 6.70. The van der Waals surface area contributed by atoms with Gasteiger partial charge in [0.1, 0.15) is 0 Å². The number of carbonyl (C=O) groups excluding carboxylic acids is 1. The molecular formula is C16H22ClN2O. The van der Waals surface area contributed by atoms with Crippen LogP contribution in [0.5, 0.6) is 0 Å². The van der Waals surface area contributed by atoms with Gasteiger partial charge >= 0.3 is 0 Å². The van der Waals surface area contributed by atoms with E-state index in [-0.39, 0.29) is 11.2 Å². The summed E-state index contributed by atoms with van der Waals surface area (Å²) in [5.41, 5.74) is 0.523. The minimum Gasteiger partial charge on any atom is -0.309 e. The van der Waals surface area contributed by atoms with E-state index in [1.54, 1.807) is 12.1 Å². The number of halogens is 1. The summed E-state index contributed by atoms with van der Waals surface area (Å²) >= 11 is 5.91. The Bertz CT molecular complexity index is 450. The van der Waals surface area contributed by atoms with Gasteiger partial charge in [0.25, 0.3) is 0 Å². The molecule has 20 heavy (non-hydrogen) atoms. The first-order valence-corrected chi connectivity index (χ1v) is 7.50. The van der Waals surface area contributed by atoms with Crippen molar-refractivity contribution in [1.82, 2.24) is 10.2 Å². The van der Waals surface area contributed by atoms with Gasteiger partial charge in [-0.15, -0.1) is 0 Å². The van der Waals surface area contributed by atoms with Crippen molar-refractivity contribution in [3.05, 3.63) is 34.9 Å². The summed E-state index contributed by atoms with van der Waals surface area (Å²) < 4.78 is 0. The summed E-state index contributed by atoms with van der Waals surface area (Å²) in [4.78, 5) is 15.1. The highest BCUT2D eigenvalue weighted by Gasteiger charge is 2.39. The molecule has 1 heterocycles. The van der Waals surface area contributed by atoms with E-state index in [0.29, 0.717) is 5.02 Å². The number of nitrogens with zero attached hydrogens (tertiary/aromatic N) is 2. The van der Waals surface area contributed by atoms with Gasteiger partial charge in [0.05, 0.1) is 0 Å². The largest absolute Gasteiger partial charge is 0.309 e. The van der Waals surface area contributed by atoms with Crippen molar-refractivity contribution >= 4 is 17.4 Å². The van der Waals surface area contributed by atoms with E-state index in [0.717, 1.165) is 44.5 Å². The molecule has 0 unspecified atom stereocenters. The van der Waals surface area contributed by atoms with Crippen LogP contribution in [0.1, 0.15) is 29.6 Å². The van der Waals surface area contributed by atoms with Gasteiger partial charge < -0.3 is 4.90 Å². The third kappa shape index (κ3) is 3.60. The zero-order valence-corrected chi connectivity index (χ0v) is 13.0. The highest BCUT2D eigenvalue weighted by molar-refractivity contribution is 6.30. The summed E-state index contributed by atoms with van der Waals surface area (Å²) in [6.45, 7) is 2.53. The molecule has 1 aliphatic rings. The standard InChI is InChI=1S/C16H22ClN2O/c1-19(2)12-9-16(7-10-18-11-8-16)15(20)13-3-5-14(17)6-4-13/h3-6H,7-12H2,1-2H3. The number of Topliss-reactive ketones (excluding diaryl/α,β-unsaturated/α-hetero) is 1. The molecule has 3 nitrogen and oxygen atoms in total. The third-order valence-electron chi connectivity index (χ3n) is 4.12. The maximum Gasteiger partial charge on any atom is 0.169 e. The van der Waals surface area contributed by atoms with E-state index in [9.17, 15) is 4.79 Å². The van der Waals surface area contributed by atoms with Crippen molar-refractivity contribution < 1.29 is 4.79 Å². The highest BCUT2D eigenvalue weighted by Crippen LogP contribution is 2.37. The van der Waals surface area contributed by atoms with Gasteiger partial charge in [0, 0.05) is 29.1 Å². The molecular weight excluding hydrogens is 272 g/mol. The van der Waals surface area contributed by atoms with E-state index in [1.807, 2.05) is 26.2 Å². The minimum atomic E-state index is -0.250. The maximum absolute atomic E-state index is 12.9. The van der Waals surface area contributed by atoms with Crippen LogP contribution in [0.3, 0.4) is 0 Å². The van der Waals surface area contributed by atoms with Crippen LogP contribution in [0.4, 0.5) is 0 Å². The van der Waals surface area contributed by atoms with E-state index >= 15 is 0 Å². The number of hydrogen-bond acceptors (Lipinski definition) is 2. The Balaban J connectivity index is 2.21. The quantitative estimate of drug-likeness (QED) is 0.783. The van der Waals surface area contributed by atoms with Crippen molar-refractivity contribution in [2.75, 3.05) is 33.7 Å². The Labute approximate surface area is 126 Å². The molecule has 0 saturated carbocycles. The van der Waals surface area contributed by atoms with Crippen LogP contribution in [0.15, 0.2) is 24.3 Å². The number of piperidine rings is 1. The maximum atomic E-state index is 12.9. The summed E-state index contributed by atoms with van der Waals surface area (Å²) in [6, 6.07) is 7.27. The zero-order chi connectivity index (χ0) is 14.6. The third-order valence-corrected chi connectivity index (χ3v) is 4.37. The van der Waals surface area contributed by atoms with Gasteiger partial charge in [-0.2, -0.15) is 0 Å². The Hall–Kier alpha value is -0.900. The van der Waals surface area contributed by atoms with Crippen LogP contribution in [0, 0.1) is 5.41 Å². The van der Waals surface area contributed by atoms with Crippen molar-refractivity contribution in [2.24, 2.45) is 5.41 Å². The average molecular weight is 294 g/mol. The fourth-order valence-electron chi connectivity index (χ4n) is 2.76. The summed E-state index contributed by atoms with van der Waals surface area (Å²) in [7, 11) is 4.10. The molecule has 0 atom stereocenters. The van der Waals surface area contributed by atoms with Crippen LogP contribution in [-0.2, 0) is 0 Å². The summed E-state index contributed by atoms with van der Waals surface area (Å²) in [5, 5.41) is 5.07. The Morgan fingerprint density at radius 1 is 1.25 bits per heavy atom. The molecule has 0 aliphatic carbocycles. The Morgan fingerprint density at radius 2 is 1.85 bits per heavy atom. The zero-order valence-electron chi connectivity index (χ0n) is 12.2. The fourth-order valence-corrected chi connectivity index (χ4v) is 2.88. The lowest BCUT2D eigenvalue weighted by molar-refractivity contribution is 0.0686. The SMILES string of the molecule is CN(C)CCC1(C(=O)c2ccc(Cl)cc2)CC[N]CC1. The Morgan fingerprint density at radius 3 is 2.40 bits per heavy atom. The van der Waals surface area contributed by atoms with E-state index in [1.165, 1.54) is 0 Å². The number of carbonyl (C=O) groups is 1. The Kier molecular flexibility index (Phi) is 5.19. The molecule has 0 amide bonds. The van der Waals surface area contributed by atoms with Gasteiger partial charge in [-0.25, -0.2) is 5.32 Å². The van der Waals surface area contributed by atoms with Crippen molar-refractivity contribution in [2.45, 2.75) is 19.3 Å². The molecule has 4 heteroatoms. The number of rotatable bonds is 5. The number of ketones is 1. The molecule has 1 radical (unpaired) electrons. The molecule has 0 spiro atoms. The predicted octanol–water partition coefficient (Wildman–Crippen LogP) is 2.86. The lowest BCUT2D eigenvalue weighted by Crippen LogP contribution is -2.41. The second-order valence-electron chi connectivity index (χ2n) is 5.84. The molecule has 1 saturated heterocycles. The van der Waals surface area contributed by atoms with Crippen LogP contribution in [0.2, 0.25) is 5.02 Å². The van der Waals surface area contributed by atoms with Crippen LogP contribution in [0.25, 0.3) is 0 Å². The molecule has 0 bridgehead atoms. The van der Waals surface area contributed by atoms with Gasteiger partial charge in [-0.05, 0) is 64.2 Å². The molecule has 1 aromatic rings. The second-order valence-corrected chi connectivity index (χ2v) is 6.28. The molecule has 1 aromatic carbocycles. The minimum absolute atomic E-state index is 0.250. The van der Waals surface area contributed by atoms with Gasteiger partial charge in [-0.1, -0.05) is 11.6 Å². The lowest BCUT2D eigenvalue weighted by Gasteiger charge is -2.36. The van der Waals surface area contributed by atoms with Crippen LogP contribution in [-0.4, -0.2) is 44.4 Å². The summed E-state index contributed by atoms with van der Waals surface area (Å²) in [5.74, 6) is 0.255. The molecule has 0 N–H and O–H groups in total. The first kappa shape index (κ1) is 15.5. The van der Waals surface area contributed by atoms with Gasteiger partial charge in [0.15, 0.2) is 5.78 Å². The van der Waals surface area contributed by atoms with Crippen LogP contribution >= 0.6 is 11.6 Å². The monoisotopic (exact) mass is 293 g/mol. The van der Waals surface area contributed by atoms with E-state index in [2.05, 4.69) is 10.2 Å². The number of hydrogen-bond donors (Lipinski definition) is 0. The highest BCUT2D eigenvalue weighted by atomic mass is 35.5. The smallest absolute Gasteiger partial charge is 0.169 e. The average Bonchev–Trinajstić information content (AvgIpc) is 2.46. The fraction of sp³-hybridized carbons (Fsp3) is 0.562. The topological polar surface area (TPSA) is 34.4 Å². The lowest BCUT2D eigenvalue weighted by atomic mass is 9.71. The van der Waals surface area contributed by atoms with Crippen LogP contribution < -0.4 is 5.32 Å². The van der Waals surface area contributed by atoms with E-state index in [4.69, 9.17) is 11.6 Å². The molecule has 0 aromatic heterocycles. The van der Waals surface area contributed by atoms with Gasteiger partial charge in [0.2, 0.25) is 0 Å². The molecule has 109 valence electrons. The first-order valence-electron chi connectivity index (χ1n) is 7.12. The number of benzene rings is 1. The first-order chi connectivity index (χ1) is 9.53. The molecule has 2 rings (SSSR count). The molecule has 1 aliphatic heterocycles. The summed E-state index contributed by atoms with van der Waals surface area (Å²) in [6.07, 6.45) is 2.63. The van der Waals surface area contributed by atoms with E-state index < -0.39 is 0 Å². The van der Waals surface area contributed by atoms with Crippen molar-refractivity contribution in [3.8, 4) is 0 Å². The van der Waals surface area contributed by atoms with Crippen molar-refractivity contribution in [3.63, 3.8) is 0 Å². The molecule has 1 fully saturated rings. The van der Waals surface area contributed by atoms with Crippen molar-refractivity contribution in [1.29, 1.82) is 0 Å². The predicted molar refractivity (Wildman–Crippen MR) is 82.5 cm³/mol.